The van der Waals surface area contributed by atoms with E-state index in [2.05, 4.69) is 16.8 Å². The summed E-state index contributed by atoms with van der Waals surface area (Å²) in [6.07, 6.45) is 4.09. The molecule has 0 aliphatic carbocycles. The van der Waals surface area contributed by atoms with Crippen molar-refractivity contribution < 1.29 is 27.1 Å². The van der Waals surface area contributed by atoms with Gasteiger partial charge in [0.25, 0.3) is 0 Å². The van der Waals surface area contributed by atoms with Crippen LogP contribution in [0, 0.1) is 25.6 Å². The number of halogens is 1. The Kier molecular flexibility index (Phi) is 11.2. The van der Waals surface area contributed by atoms with Crippen molar-refractivity contribution in [1.82, 2.24) is 19.0 Å². The Morgan fingerprint density at radius 3 is 2.29 bits per heavy atom. The van der Waals surface area contributed by atoms with Gasteiger partial charge in [-0.15, -0.1) is 0 Å². The number of likely N-dealkylation sites (tertiary alicyclic amines) is 1. The van der Waals surface area contributed by atoms with Gasteiger partial charge in [-0.3, -0.25) is 9.69 Å². The Hall–Kier alpha value is -2.57. The smallest absolute Gasteiger partial charge is 0.248 e. The summed E-state index contributed by atoms with van der Waals surface area (Å²) in [6, 6.07) is 10.3. The van der Waals surface area contributed by atoms with E-state index in [1.807, 2.05) is 11.0 Å². The number of piperazine rings is 1. The highest BCUT2D eigenvalue weighted by molar-refractivity contribution is 7.89. The Morgan fingerprint density at radius 2 is 1.64 bits per heavy atom. The first kappa shape index (κ1) is 33.8. The minimum absolute atomic E-state index is 0.0672. The predicted molar refractivity (Wildman–Crippen MR) is 172 cm³/mol. The third-order valence-corrected chi connectivity index (χ3v) is 12.1. The monoisotopic (exact) mass is 644 g/mol. The van der Waals surface area contributed by atoms with E-state index in [1.54, 1.807) is 49.5 Å². The van der Waals surface area contributed by atoms with Crippen LogP contribution in [-0.4, -0.2) is 113 Å². The van der Waals surface area contributed by atoms with Crippen molar-refractivity contribution in [3.8, 4) is 5.75 Å². The Morgan fingerprint density at radius 1 is 0.956 bits per heavy atom. The number of piperidine rings is 2. The minimum Gasteiger partial charge on any atom is -0.497 e. The standard InChI is InChI=1S/C34H49FN4O5S/c1-25-20-31(43-4)21-26(2)34(25)45(41,42)39-13-6-5-10-30(39)23-44-24-32(40)37-14-11-27(12-15-37)33(28-8-7-9-29(35)22-28)38-18-16-36(3)17-19-38/h7-9,20-22,27,30,33H,5-6,10-19,23-24H2,1-4H3. The fourth-order valence-electron chi connectivity index (χ4n) is 7.42. The predicted octanol–water partition coefficient (Wildman–Crippen LogP) is 4.24. The van der Waals surface area contributed by atoms with Gasteiger partial charge in [-0.05, 0) is 93.5 Å². The highest BCUT2D eigenvalue weighted by Gasteiger charge is 2.37. The van der Waals surface area contributed by atoms with Crippen molar-refractivity contribution in [2.24, 2.45) is 5.92 Å². The quantitative estimate of drug-likeness (QED) is 0.383. The van der Waals surface area contributed by atoms with Crippen LogP contribution in [0.4, 0.5) is 4.39 Å². The highest BCUT2D eigenvalue weighted by Crippen LogP contribution is 2.37. The SMILES string of the molecule is COc1cc(C)c(S(=O)(=O)N2CCCCC2COCC(=O)N2CCC(C(c3cccc(F)c3)N3CCN(C)CC3)CC2)c(C)c1. The topological polar surface area (TPSA) is 82.6 Å². The van der Waals surface area contributed by atoms with E-state index in [0.717, 1.165) is 57.4 Å². The van der Waals surface area contributed by atoms with Crippen molar-refractivity contribution in [3.05, 3.63) is 58.9 Å². The average molecular weight is 645 g/mol. The van der Waals surface area contributed by atoms with Gasteiger partial charge in [-0.25, -0.2) is 12.8 Å². The molecule has 9 nitrogen and oxygen atoms in total. The number of rotatable bonds is 10. The number of aryl methyl sites for hydroxylation is 2. The molecule has 0 saturated carbocycles. The summed E-state index contributed by atoms with van der Waals surface area (Å²) in [5.74, 6) is 0.678. The molecule has 248 valence electrons. The molecule has 0 radical (unpaired) electrons. The lowest BCUT2D eigenvalue weighted by molar-refractivity contribution is -0.138. The van der Waals surface area contributed by atoms with Gasteiger partial charge < -0.3 is 19.3 Å². The molecular weight excluding hydrogens is 595 g/mol. The van der Waals surface area contributed by atoms with E-state index in [0.29, 0.717) is 53.7 Å². The largest absolute Gasteiger partial charge is 0.497 e. The maximum absolute atomic E-state index is 14.2. The molecule has 45 heavy (non-hydrogen) atoms. The summed E-state index contributed by atoms with van der Waals surface area (Å²) in [7, 11) is -0.0440. The van der Waals surface area contributed by atoms with Crippen LogP contribution in [0.2, 0.25) is 0 Å². The fourth-order valence-corrected chi connectivity index (χ4v) is 9.51. The van der Waals surface area contributed by atoms with Gasteiger partial charge in [0.15, 0.2) is 0 Å². The number of nitrogens with zero attached hydrogens (tertiary/aromatic N) is 4. The van der Waals surface area contributed by atoms with Crippen LogP contribution in [0.15, 0.2) is 41.3 Å². The zero-order valence-electron chi connectivity index (χ0n) is 27.2. The number of hydrogen-bond acceptors (Lipinski definition) is 7. The van der Waals surface area contributed by atoms with Gasteiger partial charge in [0.2, 0.25) is 15.9 Å². The van der Waals surface area contributed by atoms with Crippen molar-refractivity contribution in [2.75, 3.05) is 73.2 Å². The summed E-state index contributed by atoms with van der Waals surface area (Å²) in [6.45, 7) is 9.26. The maximum Gasteiger partial charge on any atom is 0.248 e. The van der Waals surface area contributed by atoms with Gasteiger partial charge in [0.05, 0.1) is 18.6 Å². The second-order valence-corrected chi connectivity index (χ2v) is 14.8. The lowest BCUT2D eigenvalue weighted by Gasteiger charge is -2.44. The molecule has 5 rings (SSSR count). The molecule has 3 aliphatic rings. The van der Waals surface area contributed by atoms with E-state index in [-0.39, 0.29) is 37.0 Å². The molecule has 2 aromatic rings. The number of carbonyl (C=O) groups excluding carboxylic acids is 1. The van der Waals surface area contributed by atoms with E-state index < -0.39 is 10.0 Å². The van der Waals surface area contributed by atoms with E-state index in [4.69, 9.17) is 9.47 Å². The Balaban J connectivity index is 1.17. The first-order chi connectivity index (χ1) is 21.6. The van der Waals surface area contributed by atoms with Crippen LogP contribution in [0.25, 0.3) is 0 Å². The molecule has 0 aromatic heterocycles. The molecule has 0 N–H and O–H groups in total. The van der Waals surface area contributed by atoms with Crippen molar-refractivity contribution in [3.63, 3.8) is 0 Å². The zero-order chi connectivity index (χ0) is 32.1. The zero-order valence-corrected chi connectivity index (χ0v) is 28.0. The molecule has 3 aliphatic heterocycles. The van der Waals surface area contributed by atoms with E-state index in [1.165, 1.54) is 6.07 Å². The second kappa shape index (κ2) is 14.9. The number of hydrogen-bond donors (Lipinski definition) is 0. The van der Waals surface area contributed by atoms with Crippen LogP contribution in [0.1, 0.15) is 54.8 Å². The number of methoxy groups -OCH3 is 1. The molecule has 3 heterocycles. The van der Waals surface area contributed by atoms with Gasteiger partial charge in [0, 0.05) is 57.9 Å². The minimum atomic E-state index is -3.75. The van der Waals surface area contributed by atoms with Crippen molar-refractivity contribution in [2.45, 2.75) is 62.9 Å². The first-order valence-corrected chi connectivity index (χ1v) is 17.7. The molecule has 2 unspecified atom stereocenters. The molecule has 1 amide bonds. The summed E-state index contributed by atoms with van der Waals surface area (Å²) in [5.41, 5.74) is 2.32. The molecule has 3 fully saturated rings. The van der Waals surface area contributed by atoms with E-state index >= 15 is 0 Å². The Bertz CT molecular complexity index is 1400. The second-order valence-electron chi connectivity index (χ2n) is 12.9. The first-order valence-electron chi connectivity index (χ1n) is 16.3. The number of carbonyl (C=O) groups is 1. The van der Waals surface area contributed by atoms with Crippen LogP contribution in [0.3, 0.4) is 0 Å². The molecule has 3 saturated heterocycles. The highest BCUT2D eigenvalue weighted by atomic mass is 32.2. The lowest BCUT2D eigenvalue weighted by Crippen LogP contribution is -2.50. The third kappa shape index (κ3) is 7.88. The maximum atomic E-state index is 14.2. The van der Waals surface area contributed by atoms with Gasteiger partial charge >= 0.3 is 0 Å². The molecule has 2 aromatic carbocycles. The molecule has 0 bridgehead atoms. The van der Waals surface area contributed by atoms with E-state index in [9.17, 15) is 17.6 Å². The molecule has 11 heteroatoms. The summed E-state index contributed by atoms with van der Waals surface area (Å²) in [5, 5.41) is 0. The number of amides is 1. The van der Waals surface area contributed by atoms with Gasteiger partial charge in [-0.1, -0.05) is 18.6 Å². The van der Waals surface area contributed by atoms with Crippen LogP contribution >= 0.6 is 0 Å². The number of benzene rings is 2. The van der Waals surface area contributed by atoms with Crippen LogP contribution in [-0.2, 0) is 19.6 Å². The Labute approximate surface area is 268 Å². The van der Waals surface area contributed by atoms with Crippen molar-refractivity contribution in [1.29, 1.82) is 0 Å². The molecule has 0 spiro atoms. The average Bonchev–Trinajstić information content (AvgIpc) is 3.02. The third-order valence-electron chi connectivity index (χ3n) is 9.81. The summed E-state index contributed by atoms with van der Waals surface area (Å²) >= 11 is 0. The summed E-state index contributed by atoms with van der Waals surface area (Å²) in [4.78, 5) is 20.2. The van der Waals surface area contributed by atoms with Gasteiger partial charge in [-0.2, -0.15) is 4.31 Å². The van der Waals surface area contributed by atoms with Gasteiger partial charge in [0.1, 0.15) is 18.2 Å². The fraction of sp³-hybridized carbons (Fsp3) is 0.618. The normalized spacial score (nSPS) is 22.0. The number of sulfonamides is 1. The number of ether oxygens (including phenoxy) is 2. The van der Waals surface area contributed by atoms with Crippen LogP contribution in [0.5, 0.6) is 5.75 Å². The lowest BCUT2D eigenvalue weighted by atomic mass is 9.84. The molecular formula is C34H49FN4O5S. The van der Waals surface area contributed by atoms with Crippen molar-refractivity contribution >= 4 is 15.9 Å². The number of likely N-dealkylation sites (N-methyl/N-ethyl adjacent to an activating group) is 1. The molecule has 2 atom stereocenters. The summed E-state index contributed by atoms with van der Waals surface area (Å²) < 4.78 is 54.8. The van der Waals surface area contributed by atoms with Crippen LogP contribution < -0.4 is 4.74 Å².